The highest BCUT2D eigenvalue weighted by molar-refractivity contribution is 5.27. The van der Waals surface area contributed by atoms with Crippen molar-refractivity contribution in [1.82, 2.24) is 20.1 Å². The zero-order chi connectivity index (χ0) is 15.2. The molecule has 0 saturated heterocycles. The zero-order valence-corrected chi connectivity index (χ0v) is 13.4. The number of fused-ring (bicyclic) bond motifs is 1. The Morgan fingerprint density at radius 2 is 2.05 bits per heavy atom. The number of hydrogen-bond acceptors (Lipinski definition) is 3. The molecule has 116 valence electrons. The lowest BCUT2D eigenvalue weighted by molar-refractivity contribution is 0.0548. The van der Waals surface area contributed by atoms with Crippen molar-refractivity contribution >= 4 is 0 Å². The van der Waals surface area contributed by atoms with Crippen LogP contribution in [0.1, 0.15) is 44.0 Å². The second-order valence-corrected chi connectivity index (χ2v) is 7.33. The molecular formula is C18H24N4. The quantitative estimate of drug-likeness (QED) is 0.947. The molecule has 1 aromatic heterocycles. The average molecular weight is 296 g/mol. The minimum atomic E-state index is 0.310. The molecule has 0 radical (unpaired) electrons. The Bertz CT molecular complexity index is 646. The predicted molar refractivity (Wildman–Crippen MR) is 86.6 cm³/mol. The number of rotatable bonds is 3. The van der Waals surface area contributed by atoms with E-state index >= 15 is 0 Å². The van der Waals surface area contributed by atoms with Crippen LogP contribution in [0.2, 0.25) is 0 Å². The van der Waals surface area contributed by atoms with Crippen LogP contribution in [0.5, 0.6) is 0 Å². The molecule has 1 aliphatic heterocycles. The van der Waals surface area contributed by atoms with Crippen molar-refractivity contribution in [3.05, 3.63) is 48.0 Å². The first-order chi connectivity index (χ1) is 10.6. The van der Waals surface area contributed by atoms with E-state index in [4.69, 9.17) is 0 Å². The molecule has 1 N–H and O–H groups in total. The van der Waals surface area contributed by atoms with Gasteiger partial charge in [0.05, 0.1) is 6.54 Å². The van der Waals surface area contributed by atoms with E-state index in [1.54, 1.807) is 6.33 Å². The predicted octanol–water partition coefficient (Wildman–Crippen LogP) is 2.76. The molecule has 2 heterocycles. The van der Waals surface area contributed by atoms with Crippen molar-refractivity contribution in [3.63, 3.8) is 0 Å². The maximum absolute atomic E-state index is 4.32. The van der Waals surface area contributed by atoms with Crippen LogP contribution in [0.25, 0.3) is 0 Å². The van der Waals surface area contributed by atoms with E-state index in [1.807, 2.05) is 0 Å². The maximum Gasteiger partial charge on any atom is 0.138 e. The number of hydrogen-bond donors (Lipinski definition) is 1. The summed E-state index contributed by atoms with van der Waals surface area (Å²) in [6.07, 6.45) is 5.11. The third-order valence-corrected chi connectivity index (χ3v) is 5.71. The lowest BCUT2D eigenvalue weighted by atomic mass is 9.56. The van der Waals surface area contributed by atoms with Crippen LogP contribution in [-0.2, 0) is 13.0 Å². The minimum absolute atomic E-state index is 0.310. The molecule has 4 nitrogen and oxygen atoms in total. The maximum atomic E-state index is 4.32. The van der Waals surface area contributed by atoms with Crippen molar-refractivity contribution in [2.75, 3.05) is 0 Å². The van der Waals surface area contributed by atoms with Crippen molar-refractivity contribution in [3.8, 4) is 0 Å². The first-order valence-corrected chi connectivity index (χ1v) is 8.32. The first-order valence-electron chi connectivity index (χ1n) is 8.32. The van der Waals surface area contributed by atoms with Gasteiger partial charge in [0.2, 0.25) is 0 Å². The Labute approximate surface area is 132 Å². The Hall–Kier alpha value is -1.68. The Morgan fingerprint density at radius 3 is 2.82 bits per heavy atom. The van der Waals surface area contributed by atoms with Gasteiger partial charge in [-0.05, 0) is 29.7 Å². The SMILES string of the molecule is CC1(C)[C@@H](c2ccccc2)C[C@H]1N[C@H]1CCc2ncnn2C1. The van der Waals surface area contributed by atoms with Crippen LogP contribution >= 0.6 is 0 Å². The molecule has 3 atom stereocenters. The zero-order valence-electron chi connectivity index (χ0n) is 13.4. The van der Waals surface area contributed by atoms with Gasteiger partial charge in [0, 0.05) is 18.5 Å². The van der Waals surface area contributed by atoms with Gasteiger partial charge in [-0.1, -0.05) is 44.2 Å². The van der Waals surface area contributed by atoms with Gasteiger partial charge in [0.1, 0.15) is 12.2 Å². The van der Waals surface area contributed by atoms with Crippen LogP contribution in [0.3, 0.4) is 0 Å². The molecule has 22 heavy (non-hydrogen) atoms. The van der Waals surface area contributed by atoms with Gasteiger partial charge in [-0.15, -0.1) is 0 Å². The number of aromatic nitrogens is 3. The van der Waals surface area contributed by atoms with E-state index in [-0.39, 0.29) is 0 Å². The summed E-state index contributed by atoms with van der Waals surface area (Å²) in [7, 11) is 0. The molecule has 2 aliphatic rings. The first kappa shape index (κ1) is 13.9. The molecular weight excluding hydrogens is 272 g/mol. The fourth-order valence-corrected chi connectivity index (χ4v) is 4.12. The van der Waals surface area contributed by atoms with Gasteiger partial charge >= 0.3 is 0 Å². The highest BCUT2D eigenvalue weighted by Gasteiger charge is 2.49. The number of benzene rings is 1. The van der Waals surface area contributed by atoms with Gasteiger partial charge in [-0.3, -0.25) is 0 Å². The summed E-state index contributed by atoms with van der Waals surface area (Å²) < 4.78 is 2.06. The Balaban J connectivity index is 1.41. The fraction of sp³-hybridized carbons (Fsp3) is 0.556. The van der Waals surface area contributed by atoms with Crippen LogP contribution in [0.4, 0.5) is 0 Å². The summed E-state index contributed by atoms with van der Waals surface area (Å²) in [5.41, 5.74) is 1.79. The summed E-state index contributed by atoms with van der Waals surface area (Å²) in [6.45, 7) is 5.75. The van der Waals surface area contributed by atoms with E-state index in [9.17, 15) is 0 Å². The average Bonchev–Trinajstić information content (AvgIpc) is 2.99. The highest BCUT2D eigenvalue weighted by Crippen LogP contribution is 2.52. The van der Waals surface area contributed by atoms with Crippen LogP contribution < -0.4 is 5.32 Å². The third kappa shape index (κ3) is 2.26. The van der Waals surface area contributed by atoms with E-state index < -0.39 is 0 Å². The monoisotopic (exact) mass is 296 g/mol. The largest absolute Gasteiger partial charge is 0.309 e. The normalized spacial score (nSPS) is 29.6. The van der Waals surface area contributed by atoms with Crippen molar-refractivity contribution in [2.45, 2.75) is 57.7 Å². The topological polar surface area (TPSA) is 42.7 Å². The van der Waals surface area contributed by atoms with Gasteiger partial charge in [-0.25, -0.2) is 9.67 Å². The minimum Gasteiger partial charge on any atom is -0.309 e. The van der Waals surface area contributed by atoms with E-state index in [0.717, 1.165) is 18.8 Å². The fourth-order valence-electron chi connectivity index (χ4n) is 4.12. The molecule has 1 saturated carbocycles. The molecule has 0 amide bonds. The van der Waals surface area contributed by atoms with Gasteiger partial charge in [0.15, 0.2) is 0 Å². The third-order valence-electron chi connectivity index (χ3n) is 5.71. The molecule has 0 bridgehead atoms. The summed E-state index contributed by atoms with van der Waals surface area (Å²) in [4.78, 5) is 4.31. The van der Waals surface area contributed by atoms with Crippen molar-refractivity contribution < 1.29 is 0 Å². The van der Waals surface area contributed by atoms with Crippen LogP contribution in [-0.4, -0.2) is 26.8 Å². The van der Waals surface area contributed by atoms with Crippen molar-refractivity contribution in [2.24, 2.45) is 5.41 Å². The summed E-state index contributed by atoms with van der Waals surface area (Å²) in [6, 6.07) is 12.1. The summed E-state index contributed by atoms with van der Waals surface area (Å²) >= 11 is 0. The molecule has 4 rings (SSSR count). The second-order valence-electron chi connectivity index (χ2n) is 7.33. The Kier molecular flexibility index (Phi) is 3.30. The van der Waals surface area contributed by atoms with Crippen LogP contribution in [0.15, 0.2) is 36.7 Å². The molecule has 1 aliphatic carbocycles. The smallest absolute Gasteiger partial charge is 0.138 e. The number of nitrogens with zero attached hydrogens (tertiary/aromatic N) is 3. The van der Waals surface area contributed by atoms with Gasteiger partial charge in [-0.2, -0.15) is 5.10 Å². The molecule has 4 heteroatoms. The number of aryl methyl sites for hydroxylation is 1. The van der Waals surface area contributed by atoms with Crippen molar-refractivity contribution in [1.29, 1.82) is 0 Å². The standard InChI is InChI=1S/C18H24N4/c1-18(2)15(13-6-4-3-5-7-13)10-16(18)21-14-8-9-17-19-12-20-22(17)11-14/h3-7,12,14-16,21H,8-11H2,1-2H3/t14-,15+,16+/m0/s1. The van der Waals surface area contributed by atoms with E-state index in [2.05, 4.69) is 64.3 Å². The Morgan fingerprint density at radius 1 is 1.23 bits per heavy atom. The lowest BCUT2D eigenvalue weighted by Gasteiger charge is -2.54. The summed E-state index contributed by atoms with van der Waals surface area (Å²) in [5.74, 6) is 1.80. The molecule has 2 aromatic rings. The van der Waals surface area contributed by atoms with E-state index in [0.29, 0.717) is 23.4 Å². The van der Waals surface area contributed by atoms with Crippen LogP contribution in [0, 0.1) is 5.41 Å². The number of nitrogens with one attached hydrogen (secondary N) is 1. The molecule has 1 fully saturated rings. The van der Waals surface area contributed by atoms with Gasteiger partial charge < -0.3 is 5.32 Å². The molecule has 1 aromatic carbocycles. The van der Waals surface area contributed by atoms with Gasteiger partial charge in [0.25, 0.3) is 0 Å². The van der Waals surface area contributed by atoms with E-state index in [1.165, 1.54) is 18.4 Å². The molecule has 0 spiro atoms. The molecule has 0 unspecified atom stereocenters. The highest BCUT2D eigenvalue weighted by atomic mass is 15.3. The summed E-state index contributed by atoms with van der Waals surface area (Å²) in [5, 5.41) is 8.21. The lowest BCUT2D eigenvalue weighted by Crippen LogP contribution is -2.59. The second kappa shape index (κ2) is 5.20.